The van der Waals surface area contributed by atoms with E-state index in [1.54, 1.807) is 24.1 Å². The first-order chi connectivity index (χ1) is 13.6. The van der Waals surface area contributed by atoms with Gasteiger partial charge in [-0.15, -0.1) is 0 Å². The van der Waals surface area contributed by atoms with Gasteiger partial charge in [-0.1, -0.05) is 6.07 Å². The van der Waals surface area contributed by atoms with Crippen molar-refractivity contribution in [3.63, 3.8) is 0 Å². The highest BCUT2D eigenvalue weighted by Gasteiger charge is 2.31. The third-order valence-electron chi connectivity index (χ3n) is 5.41. The zero-order chi connectivity index (χ0) is 19.7. The van der Waals surface area contributed by atoms with Crippen molar-refractivity contribution in [3.8, 4) is 5.75 Å². The Morgan fingerprint density at radius 2 is 2.21 bits per heavy atom. The van der Waals surface area contributed by atoms with E-state index in [9.17, 15) is 9.18 Å². The Bertz CT molecular complexity index is 869. The van der Waals surface area contributed by atoms with Crippen molar-refractivity contribution in [1.82, 2.24) is 14.8 Å². The number of carbonyl (C=O) groups excluding carboxylic acids is 1. The molecule has 7 nitrogen and oxygen atoms in total. The average molecular weight is 389 g/mol. The van der Waals surface area contributed by atoms with E-state index in [0.717, 1.165) is 24.4 Å². The lowest BCUT2D eigenvalue weighted by Gasteiger charge is -2.25. The lowest BCUT2D eigenvalue weighted by atomic mass is 10.1. The molecule has 4 rings (SSSR count). The van der Waals surface area contributed by atoms with Crippen LogP contribution < -0.4 is 4.74 Å². The van der Waals surface area contributed by atoms with E-state index in [1.165, 1.54) is 13.2 Å². The third kappa shape index (κ3) is 3.74. The molecular formula is C20H24FN3O4. The van der Waals surface area contributed by atoms with Gasteiger partial charge in [-0.3, -0.25) is 9.69 Å². The summed E-state index contributed by atoms with van der Waals surface area (Å²) in [6, 6.07) is 4.88. The molecule has 150 valence electrons. The minimum Gasteiger partial charge on any atom is -0.497 e. The van der Waals surface area contributed by atoms with Crippen molar-refractivity contribution in [3.05, 3.63) is 46.9 Å². The number of fused-ring (bicyclic) bond motifs is 1. The highest BCUT2D eigenvalue weighted by atomic mass is 19.1. The summed E-state index contributed by atoms with van der Waals surface area (Å²) in [6.45, 7) is 2.92. The van der Waals surface area contributed by atoms with E-state index in [2.05, 4.69) is 9.88 Å². The molecule has 0 saturated carbocycles. The quantitative estimate of drug-likeness (QED) is 0.781. The van der Waals surface area contributed by atoms with Crippen LogP contribution in [0.2, 0.25) is 0 Å². The van der Waals surface area contributed by atoms with Crippen molar-refractivity contribution in [2.75, 3.05) is 33.9 Å². The summed E-state index contributed by atoms with van der Waals surface area (Å²) in [6.07, 6.45) is 1.54. The van der Waals surface area contributed by atoms with Crippen LogP contribution in [0, 0.1) is 5.82 Å². The van der Waals surface area contributed by atoms with Gasteiger partial charge in [0.25, 0.3) is 5.89 Å². The molecule has 2 aliphatic rings. The molecular weight excluding hydrogens is 365 g/mol. The Hall–Kier alpha value is -2.45. The maximum Gasteiger partial charge on any atom is 0.309 e. The molecule has 28 heavy (non-hydrogen) atoms. The van der Waals surface area contributed by atoms with Crippen LogP contribution in [-0.2, 0) is 24.2 Å². The summed E-state index contributed by atoms with van der Waals surface area (Å²) in [5.74, 6) is 0.903. The minimum absolute atomic E-state index is 0.0726. The molecule has 2 aliphatic heterocycles. The van der Waals surface area contributed by atoms with Gasteiger partial charge >= 0.3 is 5.91 Å². The fraction of sp³-hybridized carbons (Fsp3) is 0.500. The van der Waals surface area contributed by atoms with Gasteiger partial charge in [-0.25, -0.2) is 9.37 Å². The number of benzene rings is 1. The molecule has 0 radical (unpaired) electrons. The summed E-state index contributed by atoms with van der Waals surface area (Å²) in [4.78, 5) is 20.9. The summed E-state index contributed by atoms with van der Waals surface area (Å²) in [7, 11) is 3.17. The molecule has 1 aromatic carbocycles. The first-order valence-corrected chi connectivity index (χ1v) is 9.42. The maximum atomic E-state index is 14.2. The second-order valence-electron chi connectivity index (χ2n) is 7.20. The van der Waals surface area contributed by atoms with Crippen LogP contribution in [0.25, 0.3) is 0 Å². The predicted octanol–water partition coefficient (Wildman–Crippen LogP) is 2.24. The van der Waals surface area contributed by atoms with E-state index >= 15 is 0 Å². The molecule has 1 fully saturated rings. The lowest BCUT2D eigenvalue weighted by molar-refractivity contribution is 0.0687. The molecule has 0 N–H and O–H groups in total. The number of rotatable bonds is 5. The number of amides is 1. The number of likely N-dealkylation sites (tertiary alicyclic amines) is 1. The second kappa shape index (κ2) is 7.89. The van der Waals surface area contributed by atoms with Crippen molar-refractivity contribution in [2.24, 2.45) is 0 Å². The molecule has 3 heterocycles. The number of ether oxygens (including phenoxy) is 2. The van der Waals surface area contributed by atoms with E-state index in [-0.39, 0.29) is 23.7 Å². The van der Waals surface area contributed by atoms with Crippen LogP contribution in [0.3, 0.4) is 0 Å². The smallest absolute Gasteiger partial charge is 0.309 e. The van der Waals surface area contributed by atoms with E-state index in [4.69, 9.17) is 13.9 Å². The van der Waals surface area contributed by atoms with Gasteiger partial charge < -0.3 is 18.8 Å². The van der Waals surface area contributed by atoms with Gasteiger partial charge in [0.1, 0.15) is 17.3 Å². The van der Waals surface area contributed by atoms with E-state index in [0.29, 0.717) is 43.9 Å². The van der Waals surface area contributed by atoms with E-state index in [1.807, 2.05) is 0 Å². The molecule has 1 aromatic heterocycles. The summed E-state index contributed by atoms with van der Waals surface area (Å²) >= 11 is 0. The summed E-state index contributed by atoms with van der Waals surface area (Å²) in [5, 5.41) is 0. The highest BCUT2D eigenvalue weighted by Crippen LogP contribution is 2.25. The minimum atomic E-state index is -0.289. The second-order valence-corrected chi connectivity index (χ2v) is 7.20. The first-order valence-electron chi connectivity index (χ1n) is 9.42. The van der Waals surface area contributed by atoms with Gasteiger partial charge in [0.05, 0.1) is 18.9 Å². The van der Waals surface area contributed by atoms with Crippen LogP contribution in [-0.4, -0.2) is 60.6 Å². The fourth-order valence-electron chi connectivity index (χ4n) is 3.74. The molecule has 1 atom stereocenters. The highest BCUT2D eigenvalue weighted by molar-refractivity contribution is 5.90. The Morgan fingerprint density at radius 3 is 2.93 bits per heavy atom. The molecule has 0 unspecified atom stereocenters. The van der Waals surface area contributed by atoms with Crippen LogP contribution in [0.4, 0.5) is 4.39 Å². The Labute approximate surface area is 163 Å². The number of hydrogen-bond donors (Lipinski definition) is 0. The van der Waals surface area contributed by atoms with Crippen molar-refractivity contribution < 1.29 is 23.1 Å². The number of methoxy groups -OCH3 is 2. The molecule has 0 spiro atoms. The topological polar surface area (TPSA) is 68.0 Å². The number of oxazole rings is 1. The number of halogens is 1. The number of hydrogen-bond acceptors (Lipinski definition) is 6. The number of aromatic nitrogens is 1. The van der Waals surface area contributed by atoms with Crippen LogP contribution >= 0.6 is 0 Å². The van der Waals surface area contributed by atoms with Crippen LogP contribution in [0.1, 0.15) is 34.1 Å². The molecule has 0 aliphatic carbocycles. The van der Waals surface area contributed by atoms with Crippen LogP contribution in [0.5, 0.6) is 5.75 Å². The predicted molar refractivity (Wildman–Crippen MR) is 98.6 cm³/mol. The summed E-state index contributed by atoms with van der Waals surface area (Å²) in [5.41, 5.74) is 1.36. The van der Waals surface area contributed by atoms with Crippen molar-refractivity contribution >= 4 is 5.91 Å². The van der Waals surface area contributed by atoms with Crippen LogP contribution in [0.15, 0.2) is 22.6 Å². The standard InChI is InChI=1S/C20H24FN3O4/c1-26-14-4-3-13(16(21)9-14)10-23-7-6-18-17(12-23)22-19(28-18)20(25)24-8-5-15(11-24)27-2/h3-4,9,15H,5-8,10-12H2,1-2H3/t15-/m1/s1. The molecule has 1 amide bonds. The molecule has 1 saturated heterocycles. The van der Waals surface area contributed by atoms with Crippen molar-refractivity contribution in [2.45, 2.75) is 32.0 Å². The third-order valence-corrected chi connectivity index (χ3v) is 5.41. The Balaban J connectivity index is 1.43. The molecule has 2 aromatic rings. The zero-order valence-corrected chi connectivity index (χ0v) is 16.1. The average Bonchev–Trinajstić information content (AvgIpc) is 3.35. The monoisotopic (exact) mass is 389 g/mol. The Kier molecular flexibility index (Phi) is 5.32. The van der Waals surface area contributed by atoms with Crippen molar-refractivity contribution in [1.29, 1.82) is 0 Å². The number of nitrogens with zero attached hydrogens (tertiary/aromatic N) is 3. The zero-order valence-electron chi connectivity index (χ0n) is 16.1. The normalized spacial score (nSPS) is 19.7. The van der Waals surface area contributed by atoms with Gasteiger partial charge in [0.2, 0.25) is 0 Å². The molecule has 8 heteroatoms. The largest absolute Gasteiger partial charge is 0.497 e. The lowest BCUT2D eigenvalue weighted by Crippen LogP contribution is -2.30. The Morgan fingerprint density at radius 1 is 1.36 bits per heavy atom. The summed E-state index contributed by atoms with van der Waals surface area (Å²) < 4.78 is 30.3. The fourth-order valence-corrected chi connectivity index (χ4v) is 3.74. The SMILES string of the molecule is COc1ccc(CN2CCc3oc(C(=O)N4CC[C@@H](OC)C4)nc3C2)c(F)c1. The van der Waals surface area contributed by atoms with Gasteiger partial charge in [0.15, 0.2) is 0 Å². The van der Waals surface area contributed by atoms with Gasteiger partial charge in [-0.05, 0) is 12.5 Å². The van der Waals surface area contributed by atoms with Gasteiger partial charge in [-0.2, -0.15) is 0 Å². The first kappa shape index (κ1) is 18.9. The number of carbonyl (C=O) groups is 1. The van der Waals surface area contributed by atoms with E-state index < -0.39 is 0 Å². The molecule has 0 bridgehead atoms. The maximum absolute atomic E-state index is 14.2. The van der Waals surface area contributed by atoms with Gasteiger partial charge in [0, 0.05) is 57.9 Å².